The fourth-order valence-corrected chi connectivity index (χ4v) is 3.02. The lowest BCUT2D eigenvalue weighted by Crippen LogP contribution is -2.43. The van der Waals surface area contributed by atoms with E-state index in [9.17, 15) is 4.39 Å². The number of piperazine rings is 1. The van der Waals surface area contributed by atoms with Crippen molar-refractivity contribution in [3.63, 3.8) is 0 Å². The molecule has 3 aromatic rings. The average molecular weight is 311 g/mol. The maximum atomic E-state index is 13.7. The van der Waals surface area contributed by atoms with Gasteiger partial charge < -0.3 is 5.32 Å². The number of nitrogens with one attached hydrogen (secondary N) is 1. The van der Waals surface area contributed by atoms with Gasteiger partial charge >= 0.3 is 0 Å². The van der Waals surface area contributed by atoms with E-state index in [1.165, 1.54) is 12.1 Å². The van der Waals surface area contributed by atoms with E-state index in [0.717, 1.165) is 55.4 Å². The van der Waals surface area contributed by atoms with Crippen molar-refractivity contribution in [2.45, 2.75) is 6.54 Å². The standard InChI is InChI=1S/C17H18FN5/c18-13-3-1-4-14(11-13)23-16(12-22-9-7-19-8-10-22)21-15-5-2-6-20-17(15)23/h1-6,11,19H,7-10,12H2. The molecular formula is C17H18FN5. The first-order valence-electron chi connectivity index (χ1n) is 7.82. The summed E-state index contributed by atoms with van der Waals surface area (Å²) in [6.07, 6.45) is 1.74. The Morgan fingerprint density at radius 2 is 2.00 bits per heavy atom. The fourth-order valence-electron chi connectivity index (χ4n) is 3.02. The second-order valence-electron chi connectivity index (χ2n) is 5.72. The van der Waals surface area contributed by atoms with Crippen LogP contribution in [0.15, 0.2) is 42.6 Å². The van der Waals surface area contributed by atoms with Crippen LogP contribution in [0.25, 0.3) is 16.9 Å². The van der Waals surface area contributed by atoms with Gasteiger partial charge in [-0.25, -0.2) is 14.4 Å². The summed E-state index contributed by atoms with van der Waals surface area (Å²) in [5.41, 5.74) is 2.36. The van der Waals surface area contributed by atoms with Gasteiger partial charge in [0.05, 0.1) is 12.2 Å². The van der Waals surface area contributed by atoms with E-state index in [1.54, 1.807) is 12.3 Å². The molecular weight excluding hydrogens is 293 g/mol. The summed E-state index contributed by atoms with van der Waals surface area (Å²) in [4.78, 5) is 11.5. The molecule has 0 unspecified atom stereocenters. The van der Waals surface area contributed by atoms with Crippen molar-refractivity contribution in [3.8, 4) is 5.69 Å². The molecule has 2 aromatic heterocycles. The number of pyridine rings is 1. The number of rotatable bonds is 3. The van der Waals surface area contributed by atoms with Crippen LogP contribution in [-0.4, -0.2) is 45.6 Å². The molecule has 1 fully saturated rings. The van der Waals surface area contributed by atoms with Gasteiger partial charge in [0.15, 0.2) is 5.65 Å². The third kappa shape index (κ3) is 2.83. The van der Waals surface area contributed by atoms with Crippen molar-refractivity contribution >= 4 is 11.2 Å². The van der Waals surface area contributed by atoms with Gasteiger partial charge in [0.1, 0.15) is 17.2 Å². The maximum absolute atomic E-state index is 13.7. The minimum absolute atomic E-state index is 0.256. The molecule has 23 heavy (non-hydrogen) atoms. The summed E-state index contributed by atoms with van der Waals surface area (Å²) in [5, 5.41) is 3.35. The van der Waals surface area contributed by atoms with Crippen molar-refractivity contribution in [1.82, 2.24) is 24.8 Å². The first kappa shape index (κ1) is 14.3. The molecule has 6 heteroatoms. The molecule has 4 rings (SSSR count). The van der Waals surface area contributed by atoms with Crippen molar-refractivity contribution in [1.29, 1.82) is 0 Å². The molecule has 0 atom stereocenters. The highest BCUT2D eigenvalue weighted by Crippen LogP contribution is 2.21. The summed E-state index contributed by atoms with van der Waals surface area (Å²) < 4.78 is 15.6. The number of halogens is 1. The molecule has 1 aliphatic rings. The van der Waals surface area contributed by atoms with Gasteiger partial charge in [0, 0.05) is 32.4 Å². The van der Waals surface area contributed by atoms with Gasteiger partial charge in [-0.3, -0.25) is 9.47 Å². The van der Waals surface area contributed by atoms with Crippen molar-refractivity contribution in [3.05, 3.63) is 54.2 Å². The highest BCUT2D eigenvalue weighted by molar-refractivity contribution is 5.73. The Balaban J connectivity index is 1.81. The van der Waals surface area contributed by atoms with Gasteiger partial charge in [-0.05, 0) is 30.3 Å². The van der Waals surface area contributed by atoms with E-state index in [2.05, 4.69) is 15.2 Å². The molecule has 0 bridgehead atoms. The second-order valence-corrected chi connectivity index (χ2v) is 5.72. The number of nitrogens with zero attached hydrogens (tertiary/aromatic N) is 4. The van der Waals surface area contributed by atoms with Gasteiger partial charge in [0.25, 0.3) is 0 Å². The van der Waals surface area contributed by atoms with E-state index < -0.39 is 0 Å². The first-order chi connectivity index (χ1) is 11.3. The molecule has 1 aliphatic heterocycles. The molecule has 0 radical (unpaired) electrons. The first-order valence-corrected chi connectivity index (χ1v) is 7.82. The Morgan fingerprint density at radius 3 is 2.83 bits per heavy atom. The smallest absolute Gasteiger partial charge is 0.164 e. The Hall–Kier alpha value is -2.31. The third-order valence-corrected chi connectivity index (χ3v) is 4.13. The molecule has 3 heterocycles. The lowest BCUT2D eigenvalue weighted by molar-refractivity contribution is 0.227. The van der Waals surface area contributed by atoms with E-state index in [1.807, 2.05) is 22.8 Å². The van der Waals surface area contributed by atoms with Crippen LogP contribution in [0.3, 0.4) is 0 Å². The molecule has 0 aliphatic carbocycles. The summed E-state index contributed by atoms with van der Waals surface area (Å²) in [7, 11) is 0. The van der Waals surface area contributed by atoms with Gasteiger partial charge in [-0.2, -0.15) is 0 Å². The third-order valence-electron chi connectivity index (χ3n) is 4.13. The number of hydrogen-bond donors (Lipinski definition) is 1. The number of benzene rings is 1. The quantitative estimate of drug-likeness (QED) is 0.803. The molecule has 1 aromatic carbocycles. The predicted octanol–water partition coefficient (Wildman–Crippen LogP) is 1.96. The van der Waals surface area contributed by atoms with Gasteiger partial charge in [-0.15, -0.1) is 0 Å². The largest absolute Gasteiger partial charge is 0.314 e. The van der Waals surface area contributed by atoms with Crippen LogP contribution in [0.5, 0.6) is 0 Å². The minimum Gasteiger partial charge on any atom is -0.314 e. The van der Waals surface area contributed by atoms with Crippen LogP contribution in [0.2, 0.25) is 0 Å². The van der Waals surface area contributed by atoms with E-state index in [0.29, 0.717) is 0 Å². The highest BCUT2D eigenvalue weighted by atomic mass is 19.1. The van der Waals surface area contributed by atoms with Crippen molar-refractivity contribution in [2.75, 3.05) is 26.2 Å². The minimum atomic E-state index is -0.256. The molecule has 0 amide bonds. The van der Waals surface area contributed by atoms with E-state index >= 15 is 0 Å². The Bertz CT molecular complexity index is 823. The van der Waals surface area contributed by atoms with Crippen LogP contribution in [0.4, 0.5) is 4.39 Å². The number of fused-ring (bicyclic) bond motifs is 1. The van der Waals surface area contributed by atoms with Crippen LogP contribution < -0.4 is 5.32 Å². The van der Waals surface area contributed by atoms with Crippen LogP contribution in [0, 0.1) is 5.82 Å². The van der Waals surface area contributed by atoms with Crippen molar-refractivity contribution in [2.24, 2.45) is 0 Å². The summed E-state index contributed by atoms with van der Waals surface area (Å²) in [6.45, 7) is 4.67. The van der Waals surface area contributed by atoms with Crippen LogP contribution in [0.1, 0.15) is 5.82 Å². The Labute approximate surface area is 133 Å². The fraction of sp³-hybridized carbons (Fsp3) is 0.294. The maximum Gasteiger partial charge on any atom is 0.164 e. The number of aromatic nitrogens is 3. The SMILES string of the molecule is Fc1cccc(-n2c(CN3CCNCC3)nc3cccnc32)c1. The Morgan fingerprint density at radius 1 is 1.13 bits per heavy atom. The highest BCUT2D eigenvalue weighted by Gasteiger charge is 2.18. The zero-order valence-electron chi connectivity index (χ0n) is 12.7. The average Bonchev–Trinajstić information content (AvgIpc) is 2.93. The molecule has 1 N–H and O–H groups in total. The molecule has 0 spiro atoms. The summed E-state index contributed by atoms with van der Waals surface area (Å²) in [5.74, 6) is 0.639. The van der Waals surface area contributed by atoms with Crippen LogP contribution in [-0.2, 0) is 6.54 Å². The molecule has 5 nitrogen and oxygen atoms in total. The van der Waals surface area contributed by atoms with Gasteiger partial charge in [-0.1, -0.05) is 6.07 Å². The summed E-state index contributed by atoms with van der Waals surface area (Å²) >= 11 is 0. The van der Waals surface area contributed by atoms with Crippen molar-refractivity contribution < 1.29 is 4.39 Å². The Kier molecular flexibility index (Phi) is 3.77. The van der Waals surface area contributed by atoms with Crippen LogP contribution >= 0.6 is 0 Å². The molecule has 1 saturated heterocycles. The number of hydrogen-bond acceptors (Lipinski definition) is 4. The summed E-state index contributed by atoms with van der Waals surface area (Å²) in [6, 6.07) is 10.4. The zero-order chi connectivity index (χ0) is 15.6. The van der Waals surface area contributed by atoms with Gasteiger partial charge in [0.2, 0.25) is 0 Å². The lowest BCUT2D eigenvalue weighted by atomic mass is 10.3. The second kappa shape index (κ2) is 6.06. The number of imidazole rings is 1. The van der Waals surface area contributed by atoms with E-state index in [-0.39, 0.29) is 5.82 Å². The normalized spacial score (nSPS) is 16.0. The lowest BCUT2D eigenvalue weighted by Gasteiger charge is -2.26. The predicted molar refractivity (Wildman–Crippen MR) is 87.0 cm³/mol. The molecule has 0 saturated carbocycles. The zero-order valence-corrected chi connectivity index (χ0v) is 12.7. The molecule has 118 valence electrons. The van der Waals surface area contributed by atoms with E-state index in [4.69, 9.17) is 4.98 Å². The topological polar surface area (TPSA) is 46.0 Å². The monoisotopic (exact) mass is 311 g/mol.